The summed E-state index contributed by atoms with van der Waals surface area (Å²) in [4.78, 5) is 0. The fourth-order valence-electron chi connectivity index (χ4n) is 3.71. The molecule has 0 saturated heterocycles. The number of nitrogens with one attached hydrogen (secondary N) is 1. The molecule has 0 spiro atoms. The number of nitrogens with zero attached hydrogens (tertiary/aromatic N) is 2. The van der Waals surface area contributed by atoms with Crippen LogP contribution in [-0.4, -0.2) is 22.9 Å². The molecule has 0 fully saturated rings. The molecule has 0 amide bonds. The summed E-state index contributed by atoms with van der Waals surface area (Å²) in [5.74, 6) is 1.90. The number of aromatic nitrogens is 2. The first-order valence-electron chi connectivity index (χ1n) is 9.31. The van der Waals surface area contributed by atoms with Crippen LogP contribution in [0.2, 0.25) is 0 Å². The van der Waals surface area contributed by atoms with Gasteiger partial charge in [0.1, 0.15) is 11.6 Å². The highest BCUT2D eigenvalue weighted by molar-refractivity contribution is 6.02. The van der Waals surface area contributed by atoms with Gasteiger partial charge in [-0.05, 0) is 73.9 Å². The van der Waals surface area contributed by atoms with Gasteiger partial charge < -0.3 is 10.1 Å². The zero-order chi connectivity index (χ0) is 19.1. The fourth-order valence-corrected chi connectivity index (χ4v) is 3.71. The van der Waals surface area contributed by atoms with Gasteiger partial charge in [0.15, 0.2) is 0 Å². The summed E-state index contributed by atoms with van der Waals surface area (Å²) >= 11 is 0. The maximum absolute atomic E-state index is 5.43. The molecule has 0 aliphatic carbocycles. The molecule has 0 bridgehead atoms. The summed E-state index contributed by atoms with van der Waals surface area (Å²) in [6.07, 6.45) is 0. The molecule has 0 aliphatic rings. The van der Waals surface area contributed by atoms with Gasteiger partial charge in [-0.1, -0.05) is 24.3 Å². The first kappa shape index (κ1) is 17.4. The summed E-state index contributed by atoms with van der Waals surface area (Å²) in [5, 5.41) is 12.1. The SMILES string of the molecule is COc1cc(C)c(-n2nc3cc4ccccc4cc3c2NC(C)C)c(C)c1. The maximum Gasteiger partial charge on any atom is 0.137 e. The van der Waals surface area contributed by atoms with E-state index in [0.717, 1.165) is 39.3 Å². The summed E-state index contributed by atoms with van der Waals surface area (Å²) in [6, 6.07) is 17.2. The van der Waals surface area contributed by atoms with Crippen molar-refractivity contribution in [3.63, 3.8) is 0 Å². The number of fused-ring (bicyclic) bond motifs is 2. The summed E-state index contributed by atoms with van der Waals surface area (Å²) in [5.41, 5.74) is 4.36. The number of anilines is 1. The minimum absolute atomic E-state index is 0.300. The third kappa shape index (κ3) is 3.01. The number of aryl methyl sites for hydroxylation is 2. The number of methoxy groups -OCH3 is 1. The third-order valence-electron chi connectivity index (χ3n) is 4.88. The Bertz CT molecular complexity index is 1120. The van der Waals surface area contributed by atoms with E-state index in [9.17, 15) is 0 Å². The quantitative estimate of drug-likeness (QED) is 0.514. The molecule has 3 aromatic carbocycles. The van der Waals surface area contributed by atoms with Crippen LogP contribution in [0.15, 0.2) is 48.5 Å². The van der Waals surface area contributed by atoms with Crippen molar-refractivity contribution < 1.29 is 4.74 Å². The Morgan fingerprint density at radius 2 is 1.59 bits per heavy atom. The second-order valence-corrected chi connectivity index (χ2v) is 7.39. The number of ether oxygens (including phenoxy) is 1. The zero-order valence-electron chi connectivity index (χ0n) is 16.5. The first-order chi connectivity index (χ1) is 13.0. The Morgan fingerprint density at radius 1 is 0.963 bits per heavy atom. The van der Waals surface area contributed by atoms with Crippen molar-refractivity contribution in [2.45, 2.75) is 33.7 Å². The molecule has 4 nitrogen and oxygen atoms in total. The van der Waals surface area contributed by atoms with Crippen LogP contribution in [0.25, 0.3) is 27.4 Å². The molecule has 0 atom stereocenters. The van der Waals surface area contributed by atoms with Crippen molar-refractivity contribution >= 4 is 27.5 Å². The lowest BCUT2D eigenvalue weighted by molar-refractivity contribution is 0.414. The van der Waals surface area contributed by atoms with Crippen LogP contribution in [0.4, 0.5) is 5.82 Å². The molecule has 0 radical (unpaired) electrons. The van der Waals surface area contributed by atoms with Crippen molar-refractivity contribution in [2.75, 3.05) is 12.4 Å². The van der Waals surface area contributed by atoms with Crippen LogP contribution in [0.1, 0.15) is 25.0 Å². The van der Waals surface area contributed by atoms with E-state index in [-0.39, 0.29) is 0 Å². The molecule has 1 N–H and O–H groups in total. The monoisotopic (exact) mass is 359 g/mol. The average Bonchev–Trinajstić information content (AvgIpc) is 2.95. The highest BCUT2D eigenvalue weighted by Gasteiger charge is 2.18. The van der Waals surface area contributed by atoms with E-state index < -0.39 is 0 Å². The molecule has 1 aromatic heterocycles. The molecule has 0 aliphatic heterocycles. The summed E-state index contributed by atoms with van der Waals surface area (Å²) in [6.45, 7) is 8.51. The predicted molar refractivity (Wildman–Crippen MR) is 113 cm³/mol. The van der Waals surface area contributed by atoms with Crippen molar-refractivity contribution in [1.29, 1.82) is 0 Å². The van der Waals surface area contributed by atoms with Crippen LogP contribution in [-0.2, 0) is 0 Å². The van der Waals surface area contributed by atoms with Crippen LogP contribution in [0.3, 0.4) is 0 Å². The van der Waals surface area contributed by atoms with Crippen molar-refractivity contribution in [3.05, 3.63) is 59.7 Å². The third-order valence-corrected chi connectivity index (χ3v) is 4.88. The van der Waals surface area contributed by atoms with E-state index in [1.807, 2.05) is 4.68 Å². The van der Waals surface area contributed by atoms with Crippen molar-refractivity contribution in [2.24, 2.45) is 0 Å². The van der Waals surface area contributed by atoms with E-state index >= 15 is 0 Å². The van der Waals surface area contributed by atoms with Crippen LogP contribution in [0, 0.1) is 13.8 Å². The molecule has 1 heterocycles. The smallest absolute Gasteiger partial charge is 0.137 e. The number of benzene rings is 3. The zero-order valence-corrected chi connectivity index (χ0v) is 16.5. The van der Waals surface area contributed by atoms with E-state index in [2.05, 4.69) is 81.5 Å². The second kappa shape index (κ2) is 6.62. The van der Waals surface area contributed by atoms with E-state index in [0.29, 0.717) is 6.04 Å². The normalized spacial score (nSPS) is 11.5. The van der Waals surface area contributed by atoms with Crippen LogP contribution < -0.4 is 10.1 Å². The van der Waals surface area contributed by atoms with Gasteiger partial charge in [0.05, 0.1) is 18.3 Å². The maximum atomic E-state index is 5.43. The molecule has 27 heavy (non-hydrogen) atoms. The van der Waals surface area contributed by atoms with Gasteiger partial charge in [-0.3, -0.25) is 0 Å². The highest BCUT2D eigenvalue weighted by atomic mass is 16.5. The van der Waals surface area contributed by atoms with Crippen molar-refractivity contribution in [1.82, 2.24) is 9.78 Å². The molecular formula is C23H25N3O. The van der Waals surface area contributed by atoms with Gasteiger partial charge in [-0.25, -0.2) is 4.68 Å². The summed E-state index contributed by atoms with van der Waals surface area (Å²) < 4.78 is 7.48. The fraction of sp³-hybridized carbons (Fsp3) is 0.261. The van der Waals surface area contributed by atoms with Gasteiger partial charge in [-0.2, -0.15) is 5.10 Å². The number of hydrogen-bond donors (Lipinski definition) is 1. The molecule has 4 aromatic rings. The predicted octanol–water partition coefficient (Wildman–Crippen LogP) is 5.62. The van der Waals surface area contributed by atoms with Gasteiger partial charge in [0, 0.05) is 11.4 Å². The Kier molecular flexibility index (Phi) is 4.27. The summed E-state index contributed by atoms with van der Waals surface area (Å²) in [7, 11) is 1.70. The largest absolute Gasteiger partial charge is 0.497 e. The Hall–Kier alpha value is -3.01. The lowest BCUT2D eigenvalue weighted by Gasteiger charge is -2.17. The first-order valence-corrected chi connectivity index (χ1v) is 9.31. The van der Waals surface area contributed by atoms with E-state index in [4.69, 9.17) is 9.84 Å². The van der Waals surface area contributed by atoms with E-state index in [1.54, 1.807) is 7.11 Å². The van der Waals surface area contributed by atoms with E-state index in [1.165, 1.54) is 10.8 Å². The standard InChI is InChI=1S/C23H25N3O/c1-14(2)24-23-20-12-17-8-6-7-9-18(17)13-21(20)25-26(23)22-15(3)10-19(27-5)11-16(22)4/h6-14,24H,1-5H3. The van der Waals surface area contributed by atoms with Gasteiger partial charge in [0.25, 0.3) is 0 Å². The minimum Gasteiger partial charge on any atom is -0.497 e. The number of rotatable bonds is 4. The Balaban J connectivity index is 2.03. The van der Waals surface area contributed by atoms with Gasteiger partial charge in [0.2, 0.25) is 0 Å². The van der Waals surface area contributed by atoms with Gasteiger partial charge >= 0.3 is 0 Å². The average molecular weight is 359 g/mol. The lowest BCUT2D eigenvalue weighted by atomic mass is 10.1. The molecule has 0 unspecified atom stereocenters. The highest BCUT2D eigenvalue weighted by Crippen LogP contribution is 2.34. The second-order valence-electron chi connectivity index (χ2n) is 7.39. The molecular weight excluding hydrogens is 334 g/mol. The molecule has 0 saturated carbocycles. The van der Waals surface area contributed by atoms with Crippen LogP contribution in [0.5, 0.6) is 5.75 Å². The lowest BCUT2D eigenvalue weighted by Crippen LogP contribution is -2.15. The Labute approximate surface area is 159 Å². The topological polar surface area (TPSA) is 39.1 Å². The molecule has 138 valence electrons. The van der Waals surface area contributed by atoms with Crippen molar-refractivity contribution in [3.8, 4) is 11.4 Å². The van der Waals surface area contributed by atoms with Gasteiger partial charge in [-0.15, -0.1) is 0 Å². The number of hydrogen-bond acceptors (Lipinski definition) is 3. The minimum atomic E-state index is 0.300. The molecule has 4 rings (SSSR count). The Morgan fingerprint density at radius 3 is 2.19 bits per heavy atom. The van der Waals surface area contributed by atoms with Crippen LogP contribution >= 0.6 is 0 Å². The molecule has 4 heteroatoms.